The Morgan fingerprint density at radius 2 is 2.05 bits per heavy atom. The molecular formula is C15H18BrF2N3. The second-order valence-electron chi connectivity index (χ2n) is 4.75. The van der Waals surface area contributed by atoms with Crippen molar-refractivity contribution in [3.05, 3.63) is 51.8 Å². The van der Waals surface area contributed by atoms with Gasteiger partial charge in [0.2, 0.25) is 0 Å². The van der Waals surface area contributed by atoms with Crippen LogP contribution in [0.1, 0.15) is 37.6 Å². The largest absolute Gasteiger partial charge is 0.305 e. The number of nitrogens with one attached hydrogen (secondary N) is 1. The van der Waals surface area contributed by atoms with Crippen LogP contribution in [0.25, 0.3) is 0 Å². The van der Waals surface area contributed by atoms with E-state index in [9.17, 15) is 8.78 Å². The molecular weight excluding hydrogens is 340 g/mol. The topological polar surface area (TPSA) is 29.9 Å². The second kappa shape index (κ2) is 7.13. The van der Waals surface area contributed by atoms with Gasteiger partial charge in [0.05, 0.1) is 22.4 Å². The Hall–Kier alpha value is -1.27. The monoisotopic (exact) mass is 357 g/mol. The molecule has 2 rings (SSSR count). The number of aromatic nitrogens is 2. The molecule has 6 heteroatoms. The maximum atomic E-state index is 13.5. The lowest BCUT2D eigenvalue weighted by Gasteiger charge is -2.21. The van der Waals surface area contributed by atoms with E-state index in [1.165, 1.54) is 6.07 Å². The zero-order valence-corrected chi connectivity index (χ0v) is 13.6. The number of hydrogen-bond donors (Lipinski definition) is 1. The molecule has 0 saturated heterocycles. The summed E-state index contributed by atoms with van der Waals surface area (Å²) in [4.78, 5) is 0. The molecule has 1 aromatic carbocycles. The van der Waals surface area contributed by atoms with Crippen LogP contribution in [0.4, 0.5) is 8.78 Å². The Kier molecular flexibility index (Phi) is 5.47. The third-order valence-corrected chi connectivity index (χ3v) is 3.89. The molecule has 0 saturated carbocycles. The third kappa shape index (κ3) is 3.49. The standard InChI is InChI=1S/C15H18BrF2N3/c1-3-7-19-14(10-5-6-12(17)13(18)8-10)15-11(16)9-20-21(15)4-2/h5-6,8-9,14,19H,3-4,7H2,1-2H3. The molecule has 3 nitrogen and oxygen atoms in total. The molecule has 1 N–H and O–H groups in total. The first-order valence-electron chi connectivity index (χ1n) is 6.98. The normalized spacial score (nSPS) is 12.6. The van der Waals surface area contributed by atoms with Crippen molar-refractivity contribution >= 4 is 15.9 Å². The van der Waals surface area contributed by atoms with Gasteiger partial charge in [-0.3, -0.25) is 4.68 Å². The van der Waals surface area contributed by atoms with E-state index in [0.717, 1.165) is 29.2 Å². The molecule has 0 radical (unpaired) electrons. The molecule has 1 aromatic heterocycles. The van der Waals surface area contributed by atoms with E-state index < -0.39 is 11.6 Å². The van der Waals surface area contributed by atoms with Crippen molar-refractivity contribution in [3.8, 4) is 0 Å². The van der Waals surface area contributed by atoms with E-state index in [-0.39, 0.29) is 6.04 Å². The van der Waals surface area contributed by atoms with E-state index in [1.54, 1.807) is 12.3 Å². The Morgan fingerprint density at radius 1 is 1.29 bits per heavy atom. The van der Waals surface area contributed by atoms with Gasteiger partial charge in [0, 0.05) is 6.54 Å². The summed E-state index contributed by atoms with van der Waals surface area (Å²) < 4.78 is 29.4. The Morgan fingerprint density at radius 3 is 2.67 bits per heavy atom. The zero-order chi connectivity index (χ0) is 15.4. The van der Waals surface area contributed by atoms with Gasteiger partial charge >= 0.3 is 0 Å². The van der Waals surface area contributed by atoms with E-state index in [1.807, 2.05) is 11.6 Å². The Bertz CT molecular complexity index is 613. The average molecular weight is 358 g/mol. The lowest BCUT2D eigenvalue weighted by atomic mass is 10.0. The summed E-state index contributed by atoms with van der Waals surface area (Å²) in [5, 5.41) is 7.66. The van der Waals surface area contributed by atoms with Crippen molar-refractivity contribution in [1.29, 1.82) is 0 Å². The minimum absolute atomic E-state index is 0.239. The van der Waals surface area contributed by atoms with Gasteiger partial charge in [-0.1, -0.05) is 13.0 Å². The fraction of sp³-hybridized carbons (Fsp3) is 0.400. The molecule has 0 bridgehead atoms. The summed E-state index contributed by atoms with van der Waals surface area (Å²) in [7, 11) is 0. The molecule has 114 valence electrons. The zero-order valence-electron chi connectivity index (χ0n) is 12.0. The maximum Gasteiger partial charge on any atom is 0.159 e. The lowest BCUT2D eigenvalue weighted by Crippen LogP contribution is -2.26. The molecule has 0 fully saturated rings. The van der Waals surface area contributed by atoms with E-state index in [0.29, 0.717) is 12.1 Å². The molecule has 21 heavy (non-hydrogen) atoms. The number of aryl methyl sites for hydroxylation is 1. The molecule has 0 aliphatic heterocycles. The lowest BCUT2D eigenvalue weighted by molar-refractivity contribution is 0.496. The molecule has 0 amide bonds. The predicted octanol–water partition coefficient (Wildman–Crippen LogP) is 4.03. The summed E-state index contributed by atoms with van der Waals surface area (Å²) in [5.41, 5.74) is 1.59. The fourth-order valence-corrected chi connectivity index (χ4v) is 2.79. The summed E-state index contributed by atoms with van der Waals surface area (Å²) in [6.45, 7) is 5.52. The number of hydrogen-bond acceptors (Lipinski definition) is 2. The van der Waals surface area contributed by atoms with Crippen molar-refractivity contribution in [2.24, 2.45) is 0 Å². The smallest absolute Gasteiger partial charge is 0.159 e. The van der Waals surface area contributed by atoms with Gasteiger partial charge in [-0.25, -0.2) is 8.78 Å². The second-order valence-corrected chi connectivity index (χ2v) is 5.61. The van der Waals surface area contributed by atoms with E-state index >= 15 is 0 Å². The SMILES string of the molecule is CCCNC(c1ccc(F)c(F)c1)c1c(Br)cnn1CC. The Balaban J connectivity index is 2.46. The van der Waals surface area contributed by atoms with Crippen molar-refractivity contribution in [3.63, 3.8) is 0 Å². The van der Waals surface area contributed by atoms with Crippen molar-refractivity contribution in [1.82, 2.24) is 15.1 Å². The summed E-state index contributed by atoms with van der Waals surface area (Å²) in [5.74, 6) is -1.68. The van der Waals surface area contributed by atoms with Crippen LogP contribution < -0.4 is 5.32 Å². The highest BCUT2D eigenvalue weighted by atomic mass is 79.9. The van der Waals surface area contributed by atoms with Gasteiger partial charge < -0.3 is 5.32 Å². The predicted molar refractivity (Wildman–Crippen MR) is 82.1 cm³/mol. The van der Waals surface area contributed by atoms with E-state index in [4.69, 9.17) is 0 Å². The first kappa shape index (κ1) is 16.1. The van der Waals surface area contributed by atoms with Gasteiger partial charge in [0.1, 0.15) is 0 Å². The molecule has 0 aliphatic rings. The number of benzene rings is 1. The van der Waals surface area contributed by atoms with Gasteiger partial charge in [0.15, 0.2) is 11.6 Å². The summed E-state index contributed by atoms with van der Waals surface area (Å²) >= 11 is 3.49. The molecule has 2 aromatic rings. The van der Waals surface area contributed by atoms with Gasteiger partial charge in [-0.15, -0.1) is 0 Å². The Labute approximate surface area is 131 Å². The van der Waals surface area contributed by atoms with Gasteiger partial charge in [-0.2, -0.15) is 5.10 Å². The van der Waals surface area contributed by atoms with Crippen LogP contribution in [0.15, 0.2) is 28.9 Å². The minimum Gasteiger partial charge on any atom is -0.305 e. The molecule has 0 spiro atoms. The van der Waals surface area contributed by atoms with Crippen LogP contribution in [-0.4, -0.2) is 16.3 Å². The van der Waals surface area contributed by atoms with Crippen molar-refractivity contribution in [2.75, 3.05) is 6.54 Å². The maximum absolute atomic E-state index is 13.5. The van der Waals surface area contributed by atoms with Crippen LogP contribution in [0.2, 0.25) is 0 Å². The molecule has 1 unspecified atom stereocenters. The van der Waals surface area contributed by atoms with Crippen LogP contribution in [0.5, 0.6) is 0 Å². The minimum atomic E-state index is -0.838. The third-order valence-electron chi connectivity index (χ3n) is 3.28. The highest BCUT2D eigenvalue weighted by Crippen LogP contribution is 2.29. The van der Waals surface area contributed by atoms with Gasteiger partial charge in [0.25, 0.3) is 0 Å². The number of halogens is 3. The fourth-order valence-electron chi connectivity index (χ4n) is 2.26. The molecule has 1 atom stereocenters. The highest BCUT2D eigenvalue weighted by molar-refractivity contribution is 9.10. The van der Waals surface area contributed by atoms with Crippen molar-refractivity contribution < 1.29 is 8.78 Å². The number of rotatable bonds is 6. The summed E-state index contributed by atoms with van der Waals surface area (Å²) in [6, 6.07) is 3.76. The van der Waals surface area contributed by atoms with Gasteiger partial charge in [-0.05, 0) is 53.5 Å². The van der Waals surface area contributed by atoms with Crippen LogP contribution in [0.3, 0.4) is 0 Å². The van der Waals surface area contributed by atoms with Crippen LogP contribution >= 0.6 is 15.9 Å². The van der Waals surface area contributed by atoms with Crippen LogP contribution in [-0.2, 0) is 6.54 Å². The quantitative estimate of drug-likeness (QED) is 0.845. The number of nitrogens with zero attached hydrogens (tertiary/aromatic N) is 2. The van der Waals surface area contributed by atoms with Crippen molar-refractivity contribution in [2.45, 2.75) is 32.9 Å². The summed E-state index contributed by atoms with van der Waals surface area (Å²) in [6.07, 6.45) is 2.66. The first-order chi connectivity index (χ1) is 10.1. The molecule has 1 heterocycles. The van der Waals surface area contributed by atoms with E-state index in [2.05, 4.69) is 33.3 Å². The molecule has 0 aliphatic carbocycles. The average Bonchev–Trinajstić information content (AvgIpc) is 2.84. The highest BCUT2D eigenvalue weighted by Gasteiger charge is 2.22. The first-order valence-corrected chi connectivity index (χ1v) is 7.77. The van der Waals surface area contributed by atoms with Crippen LogP contribution in [0, 0.1) is 11.6 Å².